The number of hydrogen-bond donors (Lipinski definition) is 0. The maximum absolute atomic E-state index is 2.43. The minimum atomic E-state index is 0. The van der Waals surface area contributed by atoms with Crippen molar-refractivity contribution < 1.29 is 0 Å². The SMILES string of the molecule is CC(C)(CI)c1ccccc1.[SnH2]. The van der Waals surface area contributed by atoms with Gasteiger partial charge >= 0.3 is 23.9 Å². The standard InChI is InChI=1S/C10H13I.Sn.2H/c1-10(2,8-11)9-6-4-3-5-7-9;;;/h3-7H,8H2,1-2H3;;;. The number of rotatable bonds is 2. The molecule has 1 aromatic rings. The monoisotopic (exact) mass is 382 g/mol. The molecule has 0 spiro atoms. The molecule has 0 nitrogen and oxygen atoms in total. The second-order valence-corrected chi connectivity index (χ2v) is 4.15. The van der Waals surface area contributed by atoms with Crippen molar-refractivity contribution in [1.29, 1.82) is 0 Å². The summed E-state index contributed by atoms with van der Waals surface area (Å²) in [4.78, 5) is 0. The molecule has 12 heavy (non-hydrogen) atoms. The van der Waals surface area contributed by atoms with E-state index in [0.29, 0.717) is 5.41 Å². The Labute approximate surface area is 105 Å². The van der Waals surface area contributed by atoms with Crippen LogP contribution in [0.3, 0.4) is 0 Å². The third kappa shape index (κ3) is 3.24. The summed E-state index contributed by atoms with van der Waals surface area (Å²) in [5, 5.41) is 0. The Balaban J connectivity index is 0.00000121. The van der Waals surface area contributed by atoms with Crippen LogP contribution >= 0.6 is 22.6 Å². The quantitative estimate of drug-likeness (QED) is 0.420. The second kappa shape index (κ2) is 5.47. The predicted octanol–water partition coefficient (Wildman–Crippen LogP) is 2.48. The summed E-state index contributed by atoms with van der Waals surface area (Å²) < 4.78 is 1.16. The fourth-order valence-corrected chi connectivity index (χ4v) is 1.41. The molecule has 0 bridgehead atoms. The van der Waals surface area contributed by atoms with Crippen LogP contribution in [0.4, 0.5) is 0 Å². The molecule has 0 aliphatic rings. The topological polar surface area (TPSA) is 0 Å². The van der Waals surface area contributed by atoms with Gasteiger partial charge < -0.3 is 0 Å². The molecule has 0 unspecified atom stereocenters. The first-order chi connectivity index (χ1) is 5.17. The van der Waals surface area contributed by atoms with Crippen molar-refractivity contribution in [3.8, 4) is 0 Å². The third-order valence-electron chi connectivity index (χ3n) is 1.89. The van der Waals surface area contributed by atoms with E-state index in [0.717, 1.165) is 4.43 Å². The molecule has 0 fully saturated rings. The average molecular weight is 381 g/mol. The summed E-state index contributed by atoms with van der Waals surface area (Å²) in [6.07, 6.45) is 0. The molecule has 1 rings (SSSR count). The molecule has 0 saturated carbocycles. The van der Waals surface area contributed by atoms with Crippen molar-refractivity contribution >= 4 is 46.5 Å². The van der Waals surface area contributed by atoms with E-state index >= 15 is 0 Å². The van der Waals surface area contributed by atoms with Crippen molar-refractivity contribution in [1.82, 2.24) is 0 Å². The van der Waals surface area contributed by atoms with Gasteiger partial charge in [0.1, 0.15) is 0 Å². The van der Waals surface area contributed by atoms with Crippen LogP contribution < -0.4 is 0 Å². The molecule has 0 aliphatic carbocycles. The van der Waals surface area contributed by atoms with Crippen LogP contribution in [0.1, 0.15) is 19.4 Å². The van der Waals surface area contributed by atoms with Crippen molar-refractivity contribution in [2.24, 2.45) is 0 Å². The van der Waals surface area contributed by atoms with E-state index < -0.39 is 0 Å². The van der Waals surface area contributed by atoms with Crippen LogP contribution in [0.2, 0.25) is 0 Å². The zero-order valence-corrected chi connectivity index (χ0v) is 13.9. The molecule has 0 saturated heterocycles. The normalized spacial score (nSPS) is 10.6. The van der Waals surface area contributed by atoms with Gasteiger partial charge in [-0.25, -0.2) is 0 Å². The Bertz CT molecular complexity index is 219. The number of halogens is 1. The van der Waals surface area contributed by atoms with Gasteiger partial charge in [0.05, 0.1) is 0 Å². The van der Waals surface area contributed by atoms with E-state index in [2.05, 4.69) is 66.8 Å². The van der Waals surface area contributed by atoms with Gasteiger partial charge in [-0.2, -0.15) is 0 Å². The van der Waals surface area contributed by atoms with Crippen molar-refractivity contribution in [2.75, 3.05) is 4.43 Å². The predicted molar refractivity (Wildman–Crippen MR) is 66.9 cm³/mol. The Morgan fingerprint density at radius 2 is 1.67 bits per heavy atom. The zero-order chi connectivity index (χ0) is 8.32. The molecule has 0 aliphatic heterocycles. The summed E-state index contributed by atoms with van der Waals surface area (Å²) in [6, 6.07) is 10.6. The summed E-state index contributed by atoms with van der Waals surface area (Å²) in [5.41, 5.74) is 1.75. The van der Waals surface area contributed by atoms with Crippen LogP contribution in [-0.2, 0) is 5.41 Å². The number of hydrogen-bond acceptors (Lipinski definition) is 0. The van der Waals surface area contributed by atoms with Gasteiger partial charge in [-0.1, -0.05) is 66.8 Å². The van der Waals surface area contributed by atoms with Gasteiger partial charge in [0.15, 0.2) is 0 Å². The maximum atomic E-state index is 2.43. The van der Waals surface area contributed by atoms with Crippen molar-refractivity contribution in [3.05, 3.63) is 35.9 Å². The van der Waals surface area contributed by atoms with E-state index in [9.17, 15) is 0 Å². The van der Waals surface area contributed by atoms with Crippen LogP contribution in [0.5, 0.6) is 0 Å². The Kier molecular flexibility index (Phi) is 5.81. The van der Waals surface area contributed by atoms with Gasteiger partial charge in [-0.3, -0.25) is 0 Å². The molecule has 0 amide bonds. The molecule has 1 aromatic carbocycles. The first-order valence-electron chi connectivity index (χ1n) is 3.78. The van der Waals surface area contributed by atoms with Crippen LogP contribution in [0.15, 0.2) is 30.3 Å². The molecule has 0 aromatic heterocycles. The molecule has 2 heteroatoms. The fraction of sp³-hybridized carbons (Fsp3) is 0.400. The van der Waals surface area contributed by atoms with E-state index in [1.54, 1.807) is 0 Å². The van der Waals surface area contributed by atoms with E-state index in [1.807, 2.05) is 0 Å². The molecule has 0 heterocycles. The summed E-state index contributed by atoms with van der Waals surface area (Å²) >= 11 is 2.43. The van der Waals surface area contributed by atoms with Crippen LogP contribution in [0, 0.1) is 0 Å². The zero-order valence-electron chi connectivity index (χ0n) is 7.68. The van der Waals surface area contributed by atoms with Gasteiger partial charge in [0.2, 0.25) is 0 Å². The third-order valence-corrected chi connectivity index (χ3v) is 3.80. The molecule has 0 N–H and O–H groups in total. The van der Waals surface area contributed by atoms with Crippen molar-refractivity contribution in [2.45, 2.75) is 19.3 Å². The van der Waals surface area contributed by atoms with Gasteiger partial charge in [0.25, 0.3) is 0 Å². The Morgan fingerprint density at radius 3 is 2.08 bits per heavy atom. The van der Waals surface area contributed by atoms with E-state index in [1.165, 1.54) is 5.56 Å². The van der Waals surface area contributed by atoms with Gasteiger partial charge in [0, 0.05) is 4.43 Å². The molecule has 66 valence electrons. The fourth-order valence-electron chi connectivity index (χ4n) is 0.966. The molecular formula is C10H15ISn. The first kappa shape index (κ1) is 12.7. The van der Waals surface area contributed by atoms with Gasteiger partial charge in [-0.05, 0) is 11.0 Å². The van der Waals surface area contributed by atoms with Crippen molar-refractivity contribution in [3.63, 3.8) is 0 Å². The number of alkyl halides is 1. The molecule has 0 atom stereocenters. The minimum absolute atomic E-state index is 0. The second-order valence-electron chi connectivity index (χ2n) is 3.38. The summed E-state index contributed by atoms with van der Waals surface area (Å²) in [5.74, 6) is 0. The van der Waals surface area contributed by atoms with Crippen LogP contribution in [0.25, 0.3) is 0 Å². The van der Waals surface area contributed by atoms with Crippen LogP contribution in [-0.4, -0.2) is 28.3 Å². The molecular weight excluding hydrogens is 366 g/mol. The summed E-state index contributed by atoms with van der Waals surface area (Å²) in [6.45, 7) is 4.55. The van der Waals surface area contributed by atoms with E-state index in [-0.39, 0.29) is 23.9 Å². The Hall–Kier alpha value is 0.749. The average Bonchev–Trinajstić information content (AvgIpc) is 2.06. The summed E-state index contributed by atoms with van der Waals surface area (Å²) in [7, 11) is 0. The Morgan fingerprint density at radius 1 is 1.17 bits per heavy atom. The number of benzene rings is 1. The van der Waals surface area contributed by atoms with E-state index in [4.69, 9.17) is 0 Å². The first-order valence-corrected chi connectivity index (χ1v) is 5.31. The molecule has 2 radical (unpaired) electrons. The van der Waals surface area contributed by atoms with Gasteiger partial charge in [-0.15, -0.1) is 0 Å².